The molecule has 3 N–H and O–H groups in total. The Kier molecular flexibility index (Phi) is 4.88. The Labute approximate surface area is 125 Å². The lowest BCUT2D eigenvalue weighted by atomic mass is 10.3. The summed E-state index contributed by atoms with van der Waals surface area (Å²) in [6.45, 7) is 1.95. The fourth-order valence-electron chi connectivity index (χ4n) is 1.82. The number of nitrogens with zero attached hydrogens (tertiary/aromatic N) is 2. The van der Waals surface area contributed by atoms with Crippen LogP contribution in [0.25, 0.3) is 0 Å². The Morgan fingerprint density at radius 3 is 2.71 bits per heavy atom. The van der Waals surface area contributed by atoms with E-state index in [4.69, 9.17) is 5.11 Å². The van der Waals surface area contributed by atoms with E-state index in [0.29, 0.717) is 37.5 Å². The number of amides is 1. The standard InChI is InChI=1S/C10H14N4O5S2/c15-7(14-3-1-11-2-4-14)5-13-21(18,19)10-8(9(16)17)12-6-20-10/h6,11,13H,1-5H2,(H,16,17). The zero-order valence-corrected chi connectivity index (χ0v) is 12.5. The molecule has 0 aromatic carbocycles. The van der Waals surface area contributed by atoms with Crippen LogP contribution < -0.4 is 10.0 Å². The van der Waals surface area contributed by atoms with Gasteiger partial charge in [-0.1, -0.05) is 0 Å². The number of thiazole rings is 1. The molecule has 2 heterocycles. The van der Waals surface area contributed by atoms with Gasteiger partial charge in [0.15, 0.2) is 9.90 Å². The second kappa shape index (κ2) is 6.47. The zero-order chi connectivity index (χ0) is 15.5. The average molecular weight is 334 g/mol. The van der Waals surface area contributed by atoms with E-state index in [1.165, 1.54) is 0 Å². The van der Waals surface area contributed by atoms with E-state index in [1.54, 1.807) is 4.90 Å². The third-order valence-corrected chi connectivity index (χ3v) is 5.64. The molecule has 1 amide bonds. The van der Waals surface area contributed by atoms with Crippen molar-refractivity contribution in [3.63, 3.8) is 0 Å². The van der Waals surface area contributed by atoms with E-state index >= 15 is 0 Å². The van der Waals surface area contributed by atoms with Gasteiger partial charge in [-0.3, -0.25) is 4.79 Å². The number of hydrogen-bond donors (Lipinski definition) is 3. The molecule has 116 valence electrons. The molecule has 1 aliphatic heterocycles. The molecule has 11 heteroatoms. The van der Waals surface area contributed by atoms with E-state index in [-0.39, 0.29) is 5.91 Å². The number of carboxylic acids is 1. The number of aromatic nitrogens is 1. The Hall–Kier alpha value is -1.56. The monoisotopic (exact) mass is 334 g/mol. The summed E-state index contributed by atoms with van der Waals surface area (Å²) < 4.78 is 25.8. The molecule has 1 aromatic heterocycles. The Morgan fingerprint density at radius 1 is 1.43 bits per heavy atom. The number of aromatic carboxylic acids is 1. The summed E-state index contributed by atoms with van der Waals surface area (Å²) in [5.41, 5.74) is 0.595. The van der Waals surface area contributed by atoms with Crippen molar-refractivity contribution in [2.75, 3.05) is 32.7 Å². The van der Waals surface area contributed by atoms with Gasteiger partial charge in [-0.15, -0.1) is 11.3 Å². The highest BCUT2D eigenvalue weighted by Gasteiger charge is 2.27. The molecule has 0 saturated carbocycles. The van der Waals surface area contributed by atoms with Crippen molar-refractivity contribution in [3.8, 4) is 0 Å². The molecular weight excluding hydrogens is 320 g/mol. The van der Waals surface area contributed by atoms with Crippen LogP contribution in [0.2, 0.25) is 0 Å². The fourth-order valence-corrected chi connectivity index (χ4v) is 3.97. The lowest BCUT2D eigenvalue weighted by Gasteiger charge is -2.27. The van der Waals surface area contributed by atoms with Crippen molar-refractivity contribution in [1.29, 1.82) is 0 Å². The molecule has 0 aliphatic carbocycles. The first-order chi connectivity index (χ1) is 9.92. The molecule has 0 unspecified atom stereocenters. The Balaban J connectivity index is 2.02. The first-order valence-corrected chi connectivity index (χ1v) is 8.43. The van der Waals surface area contributed by atoms with Crippen molar-refractivity contribution < 1.29 is 23.1 Å². The zero-order valence-electron chi connectivity index (χ0n) is 10.9. The van der Waals surface area contributed by atoms with E-state index in [1.807, 2.05) is 0 Å². The minimum Gasteiger partial charge on any atom is -0.476 e. The molecule has 1 fully saturated rings. The number of carbonyl (C=O) groups is 2. The van der Waals surface area contributed by atoms with Crippen LogP contribution in [0, 0.1) is 0 Å². The fraction of sp³-hybridized carbons (Fsp3) is 0.500. The van der Waals surface area contributed by atoms with Crippen LogP contribution in [-0.4, -0.2) is 68.0 Å². The minimum atomic E-state index is -4.06. The van der Waals surface area contributed by atoms with Crippen molar-refractivity contribution in [3.05, 3.63) is 11.2 Å². The van der Waals surface area contributed by atoms with E-state index in [2.05, 4.69) is 15.0 Å². The van der Waals surface area contributed by atoms with E-state index in [9.17, 15) is 18.0 Å². The summed E-state index contributed by atoms with van der Waals surface area (Å²) in [5, 5.41) is 11.9. The summed E-state index contributed by atoms with van der Waals surface area (Å²) >= 11 is 0.695. The van der Waals surface area contributed by atoms with Gasteiger partial charge < -0.3 is 15.3 Å². The summed E-state index contributed by atoms with van der Waals surface area (Å²) in [5.74, 6) is -1.77. The highest BCUT2D eigenvalue weighted by molar-refractivity contribution is 7.91. The predicted molar refractivity (Wildman–Crippen MR) is 73.7 cm³/mol. The van der Waals surface area contributed by atoms with Gasteiger partial charge in [-0.2, -0.15) is 0 Å². The SMILES string of the molecule is O=C(O)c1ncsc1S(=O)(=O)NCC(=O)N1CCNCC1. The van der Waals surface area contributed by atoms with Crippen molar-refractivity contribution in [1.82, 2.24) is 19.9 Å². The quantitative estimate of drug-likeness (QED) is 0.601. The van der Waals surface area contributed by atoms with Crippen molar-refractivity contribution in [2.45, 2.75) is 4.21 Å². The van der Waals surface area contributed by atoms with Gasteiger partial charge in [-0.05, 0) is 0 Å². The summed E-state index contributed by atoms with van der Waals surface area (Å²) in [4.78, 5) is 27.8. The maximum atomic E-state index is 12.0. The number of sulfonamides is 1. The average Bonchev–Trinajstić information content (AvgIpc) is 2.96. The molecule has 2 rings (SSSR count). The van der Waals surface area contributed by atoms with E-state index in [0.717, 1.165) is 5.51 Å². The number of rotatable bonds is 5. The minimum absolute atomic E-state index is 0.346. The summed E-state index contributed by atoms with van der Waals surface area (Å²) in [6, 6.07) is 0. The van der Waals surface area contributed by atoms with E-state index < -0.39 is 32.4 Å². The van der Waals surface area contributed by atoms with Gasteiger partial charge in [0.25, 0.3) is 10.0 Å². The number of carbonyl (C=O) groups excluding carboxylic acids is 1. The maximum absolute atomic E-state index is 12.0. The van der Waals surface area contributed by atoms with Crippen molar-refractivity contribution >= 4 is 33.2 Å². The van der Waals surface area contributed by atoms with Crippen LogP contribution in [-0.2, 0) is 14.8 Å². The van der Waals surface area contributed by atoms with Gasteiger partial charge in [0, 0.05) is 26.2 Å². The third kappa shape index (κ3) is 3.75. The molecule has 1 saturated heterocycles. The number of nitrogens with one attached hydrogen (secondary N) is 2. The molecule has 21 heavy (non-hydrogen) atoms. The number of hydrogen-bond acceptors (Lipinski definition) is 7. The molecule has 0 spiro atoms. The van der Waals surface area contributed by atoms with Gasteiger partial charge in [0.1, 0.15) is 0 Å². The molecule has 1 aromatic rings. The van der Waals surface area contributed by atoms with Crippen LogP contribution in [0.15, 0.2) is 9.72 Å². The molecule has 0 radical (unpaired) electrons. The molecule has 1 aliphatic rings. The number of piperazine rings is 1. The first-order valence-electron chi connectivity index (χ1n) is 6.07. The number of carboxylic acid groups (broad SMARTS) is 1. The Bertz CT molecular complexity index is 636. The predicted octanol–water partition coefficient (Wildman–Crippen LogP) is -1.45. The molecular formula is C10H14N4O5S2. The molecule has 9 nitrogen and oxygen atoms in total. The maximum Gasteiger partial charge on any atom is 0.356 e. The van der Waals surface area contributed by atoms with Gasteiger partial charge in [0.2, 0.25) is 5.91 Å². The summed E-state index contributed by atoms with van der Waals surface area (Å²) in [6.07, 6.45) is 0. The highest BCUT2D eigenvalue weighted by atomic mass is 32.2. The topological polar surface area (TPSA) is 129 Å². The van der Waals surface area contributed by atoms with Crippen LogP contribution in [0.3, 0.4) is 0 Å². The first kappa shape index (κ1) is 15.8. The Morgan fingerprint density at radius 2 is 2.10 bits per heavy atom. The lowest BCUT2D eigenvalue weighted by Crippen LogP contribution is -2.49. The van der Waals surface area contributed by atoms with Crippen molar-refractivity contribution in [2.24, 2.45) is 0 Å². The largest absolute Gasteiger partial charge is 0.476 e. The van der Waals surface area contributed by atoms with Gasteiger partial charge in [-0.25, -0.2) is 22.9 Å². The van der Waals surface area contributed by atoms with Crippen LogP contribution in [0.5, 0.6) is 0 Å². The second-order valence-corrected chi connectivity index (χ2v) is 7.07. The molecule has 0 bridgehead atoms. The van der Waals surface area contributed by atoms with Gasteiger partial charge >= 0.3 is 5.97 Å². The van der Waals surface area contributed by atoms with Crippen LogP contribution in [0.1, 0.15) is 10.5 Å². The van der Waals surface area contributed by atoms with Crippen LogP contribution in [0.4, 0.5) is 0 Å². The third-order valence-electron chi connectivity index (χ3n) is 2.86. The second-order valence-electron chi connectivity index (χ2n) is 4.25. The molecule has 0 atom stereocenters. The summed E-state index contributed by atoms with van der Waals surface area (Å²) in [7, 11) is -4.06. The smallest absolute Gasteiger partial charge is 0.356 e. The lowest BCUT2D eigenvalue weighted by molar-refractivity contribution is -0.130. The highest BCUT2D eigenvalue weighted by Crippen LogP contribution is 2.19. The van der Waals surface area contributed by atoms with Gasteiger partial charge in [0.05, 0.1) is 12.1 Å². The van der Waals surface area contributed by atoms with Crippen LogP contribution >= 0.6 is 11.3 Å². The normalized spacial score (nSPS) is 15.9.